The first-order chi connectivity index (χ1) is 11.9. The van der Waals surface area contributed by atoms with Gasteiger partial charge in [-0.15, -0.1) is 11.3 Å². The van der Waals surface area contributed by atoms with Gasteiger partial charge in [0.2, 0.25) is 10.0 Å². The fourth-order valence-electron chi connectivity index (χ4n) is 2.28. The van der Waals surface area contributed by atoms with Crippen molar-refractivity contribution in [2.75, 3.05) is 6.54 Å². The molecule has 3 aromatic rings. The Morgan fingerprint density at radius 1 is 1.16 bits per heavy atom. The lowest BCUT2D eigenvalue weighted by Crippen LogP contribution is -2.26. The van der Waals surface area contributed by atoms with E-state index in [1.807, 2.05) is 24.4 Å². The molecule has 130 valence electrons. The molecule has 0 radical (unpaired) electrons. The van der Waals surface area contributed by atoms with Crippen molar-refractivity contribution in [3.63, 3.8) is 0 Å². The van der Waals surface area contributed by atoms with Crippen molar-refractivity contribution in [3.8, 4) is 10.6 Å². The molecule has 7 heteroatoms. The minimum Gasteiger partial charge on any atom is -0.241 e. The highest BCUT2D eigenvalue weighted by Gasteiger charge is 2.14. The number of nitrogens with zero attached hydrogens (tertiary/aromatic N) is 1. The summed E-state index contributed by atoms with van der Waals surface area (Å²) < 4.78 is 27.1. The van der Waals surface area contributed by atoms with E-state index in [0.29, 0.717) is 11.4 Å². The number of sulfonamides is 1. The molecule has 1 aromatic heterocycles. The molecule has 0 spiro atoms. The topological polar surface area (TPSA) is 59.1 Å². The molecule has 1 N–H and O–H groups in total. The summed E-state index contributed by atoms with van der Waals surface area (Å²) in [6.45, 7) is 2.33. The molecular weight excluding hydrogens is 376 g/mol. The van der Waals surface area contributed by atoms with Crippen LogP contribution in [0, 0.1) is 6.92 Å². The van der Waals surface area contributed by atoms with E-state index in [2.05, 4.69) is 21.8 Å². The summed E-state index contributed by atoms with van der Waals surface area (Å²) in [6, 6.07) is 14.4. The summed E-state index contributed by atoms with van der Waals surface area (Å²) >= 11 is 7.41. The summed E-state index contributed by atoms with van der Waals surface area (Å²) in [5, 5.41) is 3.29. The van der Waals surface area contributed by atoms with Crippen LogP contribution in [0.3, 0.4) is 0 Å². The maximum Gasteiger partial charge on any atom is 0.240 e. The van der Waals surface area contributed by atoms with E-state index in [9.17, 15) is 8.42 Å². The second-order valence-corrected chi connectivity index (χ2v) is 8.68. The number of halogens is 1. The zero-order chi connectivity index (χ0) is 17.9. The molecule has 0 unspecified atom stereocenters. The van der Waals surface area contributed by atoms with Crippen molar-refractivity contribution in [1.29, 1.82) is 0 Å². The van der Waals surface area contributed by atoms with Gasteiger partial charge in [-0.05, 0) is 25.1 Å². The second kappa shape index (κ2) is 7.66. The summed E-state index contributed by atoms with van der Waals surface area (Å²) in [4.78, 5) is 4.74. The standard InChI is InChI=1S/C18H17ClN2O2S2/c1-13-5-7-14(8-6-13)18-21-16(12-24-18)9-10-20-25(22,23)17-4-2-3-15(19)11-17/h2-8,11-12,20H,9-10H2,1H3. The molecule has 0 atom stereocenters. The van der Waals surface area contributed by atoms with Crippen LogP contribution in [-0.2, 0) is 16.4 Å². The monoisotopic (exact) mass is 392 g/mol. The SMILES string of the molecule is Cc1ccc(-c2nc(CCNS(=O)(=O)c3cccc(Cl)c3)cs2)cc1. The van der Waals surface area contributed by atoms with Gasteiger partial charge in [0.1, 0.15) is 5.01 Å². The third-order valence-corrected chi connectivity index (χ3v) is 6.26. The van der Waals surface area contributed by atoms with Gasteiger partial charge in [0, 0.05) is 28.9 Å². The van der Waals surface area contributed by atoms with Gasteiger partial charge in [-0.3, -0.25) is 0 Å². The average Bonchev–Trinajstić information content (AvgIpc) is 3.04. The Hall–Kier alpha value is -1.73. The Balaban J connectivity index is 1.62. The molecule has 0 saturated carbocycles. The highest BCUT2D eigenvalue weighted by atomic mass is 35.5. The van der Waals surface area contributed by atoms with Crippen LogP contribution in [0.5, 0.6) is 0 Å². The number of benzene rings is 2. The zero-order valence-electron chi connectivity index (χ0n) is 13.6. The van der Waals surface area contributed by atoms with Crippen LogP contribution in [0.1, 0.15) is 11.3 Å². The molecule has 0 aliphatic heterocycles. The Kier molecular flexibility index (Phi) is 5.54. The third-order valence-electron chi connectivity index (χ3n) is 3.63. The largest absolute Gasteiger partial charge is 0.241 e. The van der Waals surface area contributed by atoms with Gasteiger partial charge < -0.3 is 0 Å². The van der Waals surface area contributed by atoms with Gasteiger partial charge >= 0.3 is 0 Å². The number of aryl methyl sites for hydroxylation is 1. The van der Waals surface area contributed by atoms with Gasteiger partial charge in [-0.25, -0.2) is 18.1 Å². The number of nitrogens with one attached hydrogen (secondary N) is 1. The number of hydrogen-bond donors (Lipinski definition) is 1. The molecule has 2 aromatic carbocycles. The lowest BCUT2D eigenvalue weighted by Gasteiger charge is -2.06. The van der Waals surface area contributed by atoms with E-state index in [1.165, 1.54) is 17.7 Å². The molecule has 3 rings (SSSR count). The Morgan fingerprint density at radius 2 is 1.92 bits per heavy atom. The molecule has 0 saturated heterocycles. The van der Waals surface area contributed by atoms with E-state index in [1.54, 1.807) is 23.5 Å². The van der Waals surface area contributed by atoms with Crippen molar-refractivity contribution >= 4 is 33.0 Å². The maximum absolute atomic E-state index is 12.2. The fraction of sp³-hybridized carbons (Fsp3) is 0.167. The van der Waals surface area contributed by atoms with Crippen molar-refractivity contribution < 1.29 is 8.42 Å². The lowest BCUT2D eigenvalue weighted by molar-refractivity contribution is 0.581. The van der Waals surface area contributed by atoms with Crippen LogP contribution in [0.4, 0.5) is 0 Å². The molecule has 0 aliphatic rings. The fourth-order valence-corrected chi connectivity index (χ4v) is 4.47. The predicted octanol–water partition coefficient (Wildman–Crippen LogP) is 4.29. The summed E-state index contributed by atoms with van der Waals surface area (Å²) in [5.41, 5.74) is 3.15. The van der Waals surface area contributed by atoms with Crippen LogP contribution < -0.4 is 4.72 Å². The Bertz CT molecular complexity index is 967. The smallest absolute Gasteiger partial charge is 0.240 e. The van der Waals surface area contributed by atoms with Crippen molar-refractivity contribution in [3.05, 3.63) is 70.2 Å². The average molecular weight is 393 g/mol. The molecule has 0 amide bonds. The quantitative estimate of drug-likeness (QED) is 0.680. The lowest BCUT2D eigenvalue weighted by atomic mass is 10.2. The number of hydrogen-bond acceptors (Lipinski definition) is 4. The van der Waals surface area contributed by atoms with Gasteiger partial charge in [-0.1, -0.05) is 47.5 Å². The first-order valence-electron chi connectivity index (χ1n) is 7.71. The molecule has 0 bridgehead atoms. The van der Waals surface area contributed by atoms with Crippen LogP contribution in [-0.4, -0.2) is 19.9 Å². The molecule has 25 heavy (non-hydrogen) atoms. The zero-order valence-corrected chi connectivity index (χ0v) is 16.0. The van der Waals surface area contributed by atoms with Crippen LogP contribution >= 0.6 is 22.9 Å². The Labute approximate surface area is 156 Å². The van der Waals surface area contributed by atoms with Gasteiger partial charge in [0.25, 0.3) is 0 Å². The number of aromatic nitrogens is 1. The van der Waals surface area contributed by atoms with E-state index in [0.717, 1.165) is 16.3 Å². The highest BCUT2D eigenvalue weighted by Crippen LogP contribution is 2.24. The molecular formula is C18H17ClN2O2S2. The van der Waals surface area contributed by atoms with Crippen LogP contribution in [0.15, 0.2) is 58.8 Å². The van der Waals surface area contributed by atoms with Gasteiger partial charge in [-0.2, -0.15) is 0 Å². The minimum absolute atomic E-state index is 0.165. The van der Waals surface area contributed by atoms with Crippen molar-refractivity contribution in [1.82, 2.24) is 9.71 Å². The second-order valence-electron chi connectivity index (χ2n) is 5.62. The minimum atomic E-state index is -3.56. The van der Waals surface area contributed by atoms with Crippen molar-refractivity contribution in [2.24, 2.45) is 0 Å². The summed E-state index contributed by atoms with van der Waals surface area (Å²) in [7, 11) is -3.56. The Morgan fingerprint density at radius 3 is 2.64 bits per heavy atom. The van der Waals surface area contributed by atoms with E-state index < -0.39 is 10.0 Å². The normalized spacial score (nSPS) is 11.6. The third kappa shape index (κ3) is 4.67. The van der Waals surface area contributed by atoms with E-state index in [4.69, 9.17) is 11.6 Å². The van der Waals surface area contributed by atoms with Gasteiger partial charge in [0.05, 0.1) is 10.6 Å². The van der Waals surface area contributed by atoms with Crippen molar-refractivity contribution in [2.45, 2.75) is 18.2 Å². The predicted molar refractivity (Wildman–Crippen MR) is 103 cm³/mol. The highest BCUT2D eigenvalue weighted by molar-refractivity contribution is 7.89. The summed E-state index contributed by atoms with van der Waals surface area (Å²) in [6.07, 6.45) is 0.530. The number of thiazole rings is 1. The van der Waals surface area contributed by atoms with Crippen LogP contribution in [0.2, 0.25) is 5.02 Å². The van der Waals surface area contributed by atoms with E-state index >= 15 is 0 Å². The first kappa shape index (κ1) is 18.1. The molecule has 0 fully saturated rings. The van der Waals surface area contributed by atoms with Crippen LogP contribution in [0.25, 0.3) is 10.6 Å². The number of rotatable bonds is 6. The molecule has 1 heterocycles. The maximum atomic E-state index is 12.2. The molecule has 0 aliphatic carbocycles. The van der Waals surface area contributed by atoms with Gasteiger partial charge in [0.15, 0.2) is 0 Å². The molecule has 4 nitrogen and oxygen atoms in total. The van der Waals surface area contributed by atoms with E-state index in [-0.39, 0.29) is 11.4 Å². The summed E-state index contributed by atoms with van der Waals surface area (Å²) in [5.74, 6) is 0. The first-order valence-corrected chi connectivity index (χ1v) is 10.4.